The molecule has 5 heteroatoms. The van der Waals surface area contributed by atoms with E-state index in [1.165, 1.54) is 6.08 Å². The first kappa shape index (κ1) is 23.7. The van der Waals surface area contributed by atoms with Gasteiger partial charge in [0.05, 0.1) is 7.11 Å². The zero-order valence-corrected chi connectivity index (χ0v) is 20.3. The average molecular weight is 485 g/mol. The van der Waals surface area contributed by atoms with E-state index < -0.39 is 5.91 Å². The van der Waals surface area contributed by atoms with Crippen molar-refractivity contribution in [3.8, 4) is 17.6 Å². The van der Waals surface area contributed by atoms with E-state index >= 15 is 0 Å². The fourth-order valence-electron chi connectivity index (χ4n) is 4.31. The van der Waals surface area contributed by atoms with Crippen molar-refractivity contribution in [3.63, 3.8) is 0 Å². The zero-order valence-electron chi connectivity index (χ0n) is 20.3. The summed E-state index contributed by atoms with van der Waals surface area (Å²) in [5.41, 5.74) is 2.36. The van der Waals surface area contributed by atoms with Gasteiger partial charge in [-0.15, -0.1) is 0 Å². The van der Waals surface area contributed by atoms with Gasteiger partial charge < -0.3 is 14.8 Å². The van der Waals surface area contributed by atoms with Crippen molar-refractivity contribution >= 4 is 39.2 Å². The first-order valence-corrected chi connectivity index (χ1v) is 11.8. The van der Waals surface area contributed by atoms with Crippen LogP contribution < -0.4 is 14.8 Å². The van der Waals surface area contributed by atoms with Crippen LogP contribution in [0.1, 0.15) is 11.1 Å². The van der Waals surface area contributed by atoms with Crippen molar-refractivity contribution in [1.82, 2.24) is 0 Å². The molecule has 0 aliphatic carbocycles. The van der Waals surface area contributed by atoms with Crippen molar-refractivity contribution in [2.24, 2.45) is 0 Å². The predicted molar refractivity (Wildman–Crippen MR) is 147 cm³/mol. The van der Waals surface area contributed by atoms with E-state index in [0.29, 0.717) is 29.4 Å². The van der Waals surface area contributed by atoms with Gasteiger partial charge in [-0.3, -0.25) is 4.79 Å². The summed E-state index contributed by atoms with van der Waals surface area (Å²) in [7, 11) is 1.56. The van der Waals surface area contributed by atoms with Gasteiger partial charge in [0, 0.05) is 11.1 Å². The van der Waals surface area contributed by atoms with Gasteiger partial charge in [0.25, 0.3) is 5.91 Å². The monoisotopic (exact) mass is 484 g/mol. The number of carbonyl (C=O) groups excluding carboxylic acids is 1. The molecule has 5 aromatic rings. The molecule has 0 saturated heterocycles. The Kier molecular flexibility index (Phi) is 6.82. The summed E-state index contributed by atoms with van der Waals surface area (Å²) in [6.07, 6.45) is 1.54. The van der Waals surface area contributed by atoms with Crippen LogP contribution in [-0.2, 0) is 11.4 Å². The van der Waals surface area contributed by atoms with E-state index in [9.17, 15) is 10.1 Å². The molecule has 0 aromatic heterocycles. The number of benzene rings is 5. The van der Waals surface area contributed by atoms with Crippen LogP contribution in [0.5, 0.6) is 11.5 Å². The molecule has 5 rings (SSSR count). The van der Waals surface area contributed by atoms with Crippen LogP contribution >= 0.6 is 0 Å². The van der Waals surface area contributed by atoms with Crippen LogP contribution in [0.2, 0.25) is 0 Å². The van der Waals surface area contributed by atoms with Crippen molar-refractivity contribution in [1.29, 1.82) is 5.26 Å². The molecule has 0 heterocycles. The molecule has 0 bridgehead atoms. The van der Waals surface area contributed by atoms with Gasteiger partial charge in [-0.25, -0.2) is 0 Å². The first-order chi connectivity index (χ1) is 18.2. The molecule has 180 valence electrons. The molecule has 0 aliphatic heterocycles. The molecule has 37 heavy (non-hydrogen) atoms. The Morgan fingerprint density at radius 3 is 2.27 bits per heavy atom. The van der Waals surface area contributed by atoms with Gasteiger partial charge in [-0.2, -0.15) is 5.26 Å². The van der Waals surface area contributed by atoms with Gasteiger partial charge in [0.2, 0.25) is 0 Å². The summed E-state index contributed by atoms with van der Waals surface area (Å²) >= 11 is 0. The molecule has 0 unspecified atom stereocenters. The highest BCUT2D eigenvalue weighted by Gasteiger charge is 2.13. The highest BCUT2D eigenvalue weighted by molar-refractivity contribution is 6.13. The van der Waals surface area contributed by atoms with E-state index in [1.54, 1.807) is 25.3 Å². The van der Waals surface area contributed by atoms with E-state index in [1.807, 2.05) is 72.8 Å². The minimum absolute atomic E-state index is 0.0144. The van der Waals surface area contributed by atoms with Gasteiger partial charge >= 0.3 is 0 Å². The van der Waals surface area contributed by atoms with Crippen LogP contribution in [0.25, 0.3) is 27.6 Å². The normalized spacial score (nSPS) is 11.2. The topological polar surface area (TPSA) is 71.3 Å². The number of carbonyl (C=O) groups is 1. The summed E-state index contributed by atoms with van der Waals surface area (Å²) in [6, 6.07) is 35.1. The molecule has 0 atom stereocenters. The van der Waals surface area contributed by atoms with Crippen molar-refractivity contribution in [2.45, 2.75) is 6.61 Å². The van der Waals surface area contributed by atoms with E-state index in [4.69, 9.17) is 9.47 Å². The third-order valence-electron chi connectivity index (χ3n) is 6.16. The van der Waals surface area contributed by atoms with Gasteiger partial charge in [-0.1, -0.05) is 84.9 Å². The molecule has 5 aromatic carbocycles. The molecule has 0 aliphatic rings. The summed E-state index contributed by atoms with van der Waals surface area (Å²) < 4.78 is 11.6. The van der Waals surface area contributed by atoms with Crippen molar-refractivity contribution < 1.29 is 14.3 Å². The Morgan fingerprint density at radius 2 is 1.51 bits per heavy atom. The van der Waals surface area contributed by atoms with E-state index in [2.05, 4.69) is 23.5 Å². The lowest BCUT2D eigenvalue weighted by Gasteiger charge is -2.13. The van der Waals surface area contributed by atoms with Crippen LogP contribution in [-0.4, -0.2) is 13.0 Å². The van der Waals surface area contributed by atoms with Crippen LogP contribution in [0.15, 0.2) is 109 Å². The lowest BCUT2D eigenvalue weighted by atomic mass is 10.1. The average Bonchev–Trinajstić information content (AvgIpc) is 2.95. The number of hydrogen-bond acceptors (Lipinski definition) is 4. The number of fused-ring (bicyclic) bond motifs is 2. The van der Waals surface area contributed by atoms with Crippen molar-refractivity contribution in [3.05, 3.63) is 120 Å². The standard InChI is InChI=1S/C32H24N2O3/c1-36-31-19-22(16-17-30(31)37-21-25-12-6-10-23-8-2-4-13-27(23)25)18-26(20-33)32(35)34-29-15-7-11-24-9-3-5-14-28(24)29/h2-19H,21H2,1H3,(H,34,35)/b26-18+. The summed E-state index contributed by atoms with van der Waals surface area (Å²) in [4.78, 5) is 12.9. The third-order valence-corrected chi connectivity index (χ3v) is 6.16. The maximum absolute atomic E-state index is 12.9. The lowest BCUT2D eigenvalue weighted by molar-refractivity contribution is -0.112. The number of methoxy groups -OCH3 is 1. The second-order valence-corrected chi connectivity index (χ2v) is 8.49. The zero-order chi connectivity index (χ0) is 25.6. The summed E-state index contributed by atoms with van der Waals surface area (Å²) in [5.74, 6) is 0.612. The Morgan fingerprint density at radius 1 is 0.838 bits per heavy atom. The number of nitriles is 1. The molecule has 0 spiro atoms. The van der Waals surface area contributed by atoms with Crippen LogP contribution in [0.3, 0.4) is 0 Å². The minimum atomic E-state index is -0.478. The molecular weight excluding hydrogens is 460 g/mol. The number of ether oxygens (including phenoxy) is 2. The number of nitrogens with zero attached hydrogens (tertiary/aromatic N) is 1. The lowest BCUT2D eigenvalue weighted by Crippen LogP contribution is -2.13. The number of anilines is 1. The van der Waals surface area contributed by atoms with Gasteiger partial charge in [-0.05, 0) is 51.6 Å². The fourth-order valence-corrected chi connectivity index (χ4v) is 4.31. The molecule has 0 radical (unpaired) electrons. The quantitative estimate of drug-likeness (QED) is 0.197. The smallest absolute Gasteiger partial charge is 0.266 e. The van der Waals surface area contributed by atoms with Crippen LogP contribution in [0, 0.1) is 11.3 Å². The molecule has 1 amide bonds. The third kappa shape index (κ3) is 5.14. The van der Waals surface area contributed by atoms with Gasteiger partial charge in [0.15, 0.2) is 11.5 Å². The van der Waals surface area contributed by atoms with Crippen LogP contribution in [0.4, 0.5) is 5.69 Å². The maximum atomic E-state index is 12.9. The van der Waals surface area contributed by atoms with Crippen molar-refractivity contribution in [2.75, 3.05) is 12.4 Å². The van der Waals surface area contributed by atoms with E-state index in [-0.39, 0.29) is 5.57 Å². The summed E-state index contributed by atoms with van der Waals surface area (Å²) in [6.45, 7) is 0.379. The molecule has 5 nitrogen and oxygen atoms in total. The Balaban J connectivity index is 1.35. The second kappa shape index (κ2) is 10.7. The number of rotatable bonds is 7. The highest BCUT2D eigenvalue weighted by atomic mass is 16.5. The number of hydrogen-bond donors (Lipinski definition) is 1. The largest absolute Gasteiger partial charge is 0.493 e. The number of nitrogens with one attached hydrogen (secondary N) is 1. The van der Waals surface area contributed by atoms with Gasteiger partial charge in [0.1, 0.15) is 18.2 Å². The fraction of sp³-hybridized carbons (Fsp3) is 0.0625. The molecule has 0 saturated carbocycles. The Labute approximate surface area is 215 Å². The highest BCUT2D eigenvalue weighted by Crippen LogP contribution is 2.31. The Bertz CT molecular complexity index is 1670. The molecular formula is C32H24N2O3. The molecule has 1 N–H and O–H groups in total. The maximum Gasteiger partial charge on any atom is 0.266 e. The van der Waals surface area contributed by atoms with E-state index in [0.717, 1.165) is 27.1 Å². The second-order valence-electron chi connectivity index (χ2n) is 8.49. The summed E-state index contributed by atoms with van der Waals surface area (Å²) in [5, 5.41) is 16.8. The first-order valence-electron chi connectivity index (χ1n) is 11.8. The minimum Gasteiger partial charge on any atom is -0.493 e. The number of amides is 1. The Hall–Kier alpha value is -5.08. The predicted octanol–water partition coefficient (Wildman–Crippen LogP) is 7.13. The molecule has 0 fully saturated rings. The SMILES string of the molecule is COc1cc(/C=C(\C#N)C(=O)Nc2cccc3ccccc23)ccc1OCc1cccc2ccccc12.